The highest BCUT2D eigenvalue weighted by atomic mass is 16.7. The Morgan fingerprint density at radius 1 is 1.24 bits per heavy atom. The van der Waals surface area contributed by atoms with Crippen LogP contribution in [0.1, 0.15) is 32.6 Å². The van der Waals surface area contributed by atoms with Crippen molar-refractivity contribution in [1.82, 2.24) is 5.32 Å². The maximum absolute atomic E-state index is 11.4. The Hall–Kier alpha value is -2.12. The maximum Gasteiger partial charge on any atom is 0.433 e. The number of hydrogen-bond acceptors (Lipinski definition) is 6. The summed E-state index contributed by atoms with van der Waals surface area (Å²) in [4.78, 5) is 37.7. The van der Waals surface area contributed by atoms with E-state index in [1.165, 1.54) is 14.0 Å². The highest BCUT2D eigenvalue weighted by Gasteiger charge is 2.26. The van der Waals surface area contributed by atoms with Gasteiger partial charge in [0.1, 0.15) is 0 Å². The van der Waals surface area contributed by atoms with Crippen LogP contribution in [-0.2, 0) is 19.2 Å². The van der Waals surface area contributed by atoms with E-state index in [0.717, 1.165) is 12.8 Å². The second-order valence-electron chi connectivity index (χ2n) is 4.98. The number of aliphatic carboxylic acids is 1. The molecule has 118 valence electrons. The third-order valence-electron chi connectivity index (χ3n) is 3.48. The normalized spacial score (nSPS) is 22.3. The molecule has 1 saturated carbocycles. The Morgan fingerprint density at radius 3 is 2.38 bits per heavy atom. The lowest BCUT2D eigenvalue weighted by atomic mass is 9.82. The van der Waals surface area contributed by atoms with Crippen LogP contribution in [0.4, 0.5) is 4.79 Å². The van der Waals surface area contributed by atoms with Gasteiger partial charge in [-0.1, -0.05) is 5.16 Å². The number of amides is 1. The molecule has 21 heavy (non-hydrogen) atoms. The van der Waals surface area contributed by atoms with Gasteiger partial charge in [-0.25, -0.2) is 9.59 Å². The quantitative estimate of drug-likeness (QED) is 0.341. The summed E-state index contributed by atoms with van der Waals surface area (Å²) in [6.45, 7) is 1.77. The number of methoxy groups -OCH3 is 1. The molecule has 0 bridgehead atoms. The van der Waals surface area contributed by atoms with Crippen LogP contribution < -0.4 is 5.32 Å². The summed E-state index contributed by atoms with van der Waals surface area (Å²) >= 11 is 0. The molecule has 2 N–H and O–H groups in total. The molecule has 8 heteroatoms. The first kappa shape index (κ1) is 16.9. The first-order chi connectivity index (χ1) is 9.93. The van der Waals surface area contributed by atoms with Gasteiger partial charge in [0.15, 0.2) is 5.71 Å². The predicted octanol–water partition coefficient (Wildman–Crippen LogP) is 1.15. The molecule has 0 atom stereocenters. The molecule has 0 aliphatic heterocycles. The lowest BCUT2D eigenvalue weighted by Crippen LogP contribution is -2.32. The summed E-state index contributed by atoms with van der Waals surface area (Å²) in [6.07, 6.45) is 1.99. The van der Waals surface area contributed by atoms with Crippen molar-refractivity contribution in [3.63, 3.8) is 0 Å². The third kappa shape index (κ3) is 5.80. The van der Waals surface area contributed by atoms with Crippen LogP contribution >= 0.6 is 0 Å². The van der Waals surface area contributed by atoms with Crippen LogP contribution in [0.5, 0.6) is 0 Å². The molecule has 8 nitrogen and oxygen atoms in total. The van der Waals surface area contributed by atoms with Crippen LogP contribution in [0.3, 0.4) is 0 Å². The zero-order chi connectivity index (χ0) is 15.8. The minimum absolute atomic E-state index is 0.0605. The van der Waals surface area contributed by atoms with E-state index in [1.54, 1.807) is 0 Å². The molecule has 0 aromatic heterocycles. The van der Waals surface area contributed by atoms with Crippen molar-refractivity contribution in [3.8, 4) is 0 Å². The van der Waals surface area contributed by atoms with Crippen molar-refractivity contribution in [3.05, 3.63) is 0 Å². The number of oxime groups is 1. The fourth-order valence-corrected chi connectivity index (χ4v) is 2.17. The van der Waals surface area contributed by atoms with Gasteiger partial charge in [0.05, 0.1) is 13.0 Å². The molecule has 0 spiro atoms. The minimum atomic E-state index is -0.756. The molecule has 0 radical (unpaired) electrons. The summed E-state index contributed by atoms with van der Waals surface area (Å²) in [5, 5.41) is 14.8. The van der Waals surface area contributed by atoms with Crippen molar-refractivity contribution in [2.75, 3.05) is 13.7 Å². The molecule has 0 heterocycles. The van der Waals surface area contributed by atoms with Crippen LogP contribution in [-0.4, -0.2) is 42.5 Å². The average molecular weight is 300 g/mol. The van der Waals surface area contributed by atoms with E-state index in [9.17, 15) is 14.4 Å². The highest BCUT2D eigenvalue weighted by molar-refractivity contribution is 6.35. The summed E-state index contributed by atoms with van der Waals surface area (Å²) in [5.41, 5.74) is -0.0605. The lowest BCUT2D eigenvalue weighted by molar-refractivity contribution is -0.143. The Kier molecular flexibility index (Phi) is 6.64. The van der Waals surface area contributed by atoms with Gasteiger partial charge in [-0.3, -0.25) is 9.63 Å². The van der Waals surface area contributed by atoms with Crippen molar-refractivity contribution < 1.29 is 29.1 Å². The lowest BCUT2D eigenvalue weighted by Gasteiger charge is -2.25. The van der Waals surface area contributed by atoms with Crippen molar-refractivity contribution in [2.45, 2.75) is 32.6 Å². The van der Waals surface area contributed by atoms with E-state index in [-0.39, 0.29) is 17.5 Å². The molecule has 0 aromatic rings. The first-order valence-corrected chi connectivity index (χ1v) is 6.74. The molecular weight excluding hydrogens is 280 g/mol. The van der Waals surface area contributed by atoms with Crippen molar-refractivity contribution in [2.24, 2.45) is 17.0 Å². The Morgan fingerprint density at radius 2 is 1.86 bits per heavy atom. The van der Waals surface area contributed by atoms with E-state index in [0.29, 0.717) is 19.4 Å². The summed E-state index contributed by atoms with van der Waals surface area (Å²) in [7, 11) is 1.20. The summed E-state index contributed by atoms with van der Waals surface area (Å²) in [5.74, 6) is -1.47. The SMILES string of the molecule is COC(=O)C(C)=NOC(=O)NCC1CCC(C(=O)O)CC1. The molecule has 0 saturated heterocycles. The third-order valence-corrected chi connectivity index (χ3v) is 3.48. The van der Waals surface area contributed by atoms with Gasteiger partial charge >= 0.3 is 18.0 Å². The Bertz CT molecular complexity index is 426. The Balaban J connectivity index is 2.25. The van der Waals surface area contributed by atoms with Gasteiger partial charge in [-0.05, 0) is 38.5 Å². The summed E-state index contributed by atoms with van der Waals surface area (Å²) in [6, 6.07) is 0. The van der Waals surface area contributed by atoms with Crippen LogP contribution in [0.2, 0.25) is 0 Å². The van der Waals surface area contributed by atoms with E-state index in [4.69, 9.17) is 5.11 Å². The zero-order valence-corrected chi connectivity index (χ0v) is 12.1. The smallest absolute Gasteiger partial charge is 0.433 e. The van der Waals surface area contributed by atoms with E-state index in [1.807, 2.05) is 0 Å². The zero-order valence-electron chi connectivity index (χ0n) is 12.1. The average Bonchev–Trinajstić information content (AvgIpc) is 2.49. The van der Waals surface area contributed by atoms with Gasteiger partial charge < -0.3 is 15.2 Å². The van der Waals surface area contributed by atoms with Crippen molar-refractivity contribution in [1.29, 1.82) is 0 Å². The van der Waals surface area contributed by atoms with E-state index in [2.05, 4.69) is 20.0 Å². The Labute approximate surface area is 122 Å². The monoisotopic (exact) mass is 300 g/mol. The van der Waals surface area contributed by atoms with Gasteiger partial charge in [0, 0.05) is 6.54 Å². The fourth-order valence-electron chi connectivity index (χ4n) is 2.17. The second-order valence-corrected chi connectivity index (χ2v) is 4.98. The van der Waals surface area contributed by atoms with E-state index >= 15 is 0 Å². The number of esters is 1. The molecule has 1 rings (SSSR count). The van der Waals surface area contributed by atoms with Crippen molar-refractivity contribution >= 4 is 23.7 Å². The molecular formula is C13H20N2O6. The molecule has 0 aromatic carbocycles. The van der Waals surface area contributed by atoms with Gasteiger partial charge in [-0.2, -0.15) is 0 Å². The van der Waals surface area contributed by atoms with Crippen LogP contribution in [0.25, 0.3) is 0 Å². The van der Waals surface area contributed by atoms with E-state index < -0.39 is 18.0 Å². The van der Waals surface area contributed by atoms with Crippen LogP contribution in [0.15, 0.2) is 5.16 Å². The molecule has 1 amide bonds. The summed E-state index contributed by atoms with van der Waals surface area (Å²) < 4.78 is 4.40. The second kappa shape index (κ2) is 8.23. The molecule has 1 aliphatic carbocycles. The fraction of sp³-hybridized carbons (Fsp3) is 0.692. The maximum atomic E-state index is 11.4. The number of carbonyl (C=O) groups excluding carboxylic acids is 2. The number of rotatable bonds is 5. The number of nitrogens with zero attached hydrogens (tertiary/aromatic N) is 1. The largest absolute Gasteiger partial charge is 0.481 e. The number of carboxylic acids is 1. The number of carbonyl (C=O) groups is 3. The topological polar surface area (TPSA) is 114 Å². The predicted molar refractivity (Wildman–Crippen MR) is 72.7 cm³/mol. The minimum Gasteiger partial charge on any atom is -0.481 e. The molecule has 1 fully saturated rings. The van der Waals surface area contributed by atoms with Gasteiger partial charge in [0.2, 0.25) is 0 Å². The number of nitrogens with one attached hydrogen (secondary N) is 1. The standard InChI is InChI=1S/C13H20N2O6/c1-8(12(18)20-2)15-21-13(19)14-7-9-3-5-10(6-4-9)11(16)17/h9-10H,3-7H2,1-2H3,(H,14,19)(H,16,17). The van der Waals surface area contributed by atoms with Crippen LogP contribution in [0, 0.1) is 11.8 Å². The molecule has 0 unspecified atom stereocenters. The number of hydrogen-bond donors (Lipinski definition) is 2. The van der Waals surface area contributed by atoms with Gasteiger partial charge in [0.25, 0.3) is 0 Å². The number of ether oxygens (including phenoxy) is 1. The first-order valence-electron chi connectivity index (χ1n) is 6.74. The molecule has 1 aliphatic rings. The highest BCUT2D eigenvalue weighted by Crippen LogP contribution is 2.28. The number of carboxylic acid groups (broad SMARTS) is 1. The van der Waals surface area contributed by atoms with Gasteiger partial charge in [-0.15, -0.1) is 0 Å².